The van der Waals surface area contributed by atoms with Gasteiger partial charge in [0, 0.05) is 25.7 Å². The highest BCUT2D eigenvalue weighted by Crippen LogP contribution is 2.45. The summed E-state index contributed by atoms with van der Waals surface area (Å²) < 4.78 is 68.2. The summed E-state index contributed by atoms with van der Waals surface area (Å²) in [5.41, 5.74) is 0. The monoisotopic (exact) mass is 1310 g/mol. The second kappa shape index (κ2) is 59.8. The van der Waals surface area contributed by atoms with Gasteiger partial charge in [-0.2, -0.15) is 0 Å². The molecule has 0 saturated carbocycles. The highest BCUT2D eigenvalue weighted by molar-refractivity contribution is 7.47. The van der Waals surface area contributed by atoms with Crippen molar-refractivity contribution in [2.75, 3.05) is 39.6 Å². The molecule has 528 valence electrons. The second-order valence-electron chi connectivity index (χ2n) is 26.7. The molecule has 0 aliphatic rings. The van der Waals surface area contributed by atoms with Crippen LogP contribution in [0, 0.1) is 23.7 Å². The lowest BCUT2D eigenvalue weighted by Gasteiger charge is -2.21. The average Bonchev–Trinajstić information content (AvgIpc) is 3.55. The molecule has 4 unspecified atom stereocenters. The Morgan fingerprint density at radius 2 is 0.539 bits per heavy atom. The van der Waals surface area contributed by atoms with Gasteiger partial charge in [0.25, 0.3) is 0 Å². The first-order chi connectivity index (χ1) is 42.7. The van der Waals surface area contributed by atoms with E-state index in [-0.39, 0.29) is 25.7 Å². The number of aliphatic hydroxyl groups is 1. The van der Waals surface area contributed by atoms with Crippen molar-refractivity contribution in [2.24, 2.45) is 23.7 Å². The van der Waals surface area contributed by atoms with E-state index in [0.717, 1.165) is 120 Å². The highest BCUT2D eigenvalue weighted by Gasteiger charge is 2.30. The summed E-state index contributed by atoms with van der Waals surface area (Å²) in [7, 11) is -9.90. The topological polar surface area (TPSA) is 237 Å². The first kappa shape index (κ1) is 87.1. The molecule has 0 bridgehead atoms. The average molecular weight is 1310 g/mol. The van der Waals surface area contributed by atoms with Gasteiger partial charge in [-0.1, -0.05) is 293 Å². The van der Waals surface area contributed by atoms with Crippen LogP contribution in [0.5, 0.6) is 0 Å². The van der Waals surface area contributed by atoms with Crippen molar-refractivity contribution in [1.82, 2.24) is 0 Å². The van der Waals surface area contributed by atoms with Crippen LogP contribution < -0.4 is 0 Å². The van der Waals surface area contributed by atoms with Crippen LogP contribution in [0.2, 0.25) is 0 Å². The van der Waals surface area contributed by atoms with Crippen molar-refractivity contribution in [2.45, 2.75) is 363 Å². The summed E-state index contributed by atoms with van der Waals surface area (Å²) in [6.07, 6.45) is 41.8. The van der Waals surface area contributed by atoms with Gasteiger partial charge in [-0.05, 0) is 49.4 Å². The van der Waals surface area contributed by atoms with Gasteiger partial charge in [-0.3, -0.25) is 37.3 Å². The molecule has 0 aromatic carbocycles. The Labute approximate surface area is 543 Å². The predicted molar refractivity (Wildman–Crippen MR) is 358 cm³/mol. The molecule has 0 heterocycles. The lowest BCUT2D eigenvalue weighted by atomic mass is 9.99. The molecular formula is C70H136O17P2. The molecule has 7 atom stereocenters. The number of phosphoric acid groups is 2. The van der Waals surface area contributed by atoms with E-state index in [2.05, 4.69) is 55.4 Å². The van der Waals surface area contributed by atoms with E-state index >= 15 is 0 Å². The minimum atomic E-state index is -4.95. The lowest BCUT2D eigenvalue weighted by molar-refractivity contribution is -0.161. The first-order valence-electron chi connectivity index (χ1n) is 36.3. The molecule has 0 radical (unpaired) electrons. The Bertz CT molecular complexity index is 1770. The van der Waals surface area contributed by atoms with Gasteiger partial charge in [0.05, 0.1) is 26.4 Å². The molecule has 0 aliphatic heterocycles. The molecule has 17 nitrogen and oxygen atoms in total. The fourth-order valence-electron chi connectivity index (χ4n) is 10.4. The summed E-state index contributed by atoms with van der Waals surface area (Å²) >= 11 is 0. The van der Waals surface area contributed by atoms with E-state index in [9.17, 15) is 43.2 Å². The van der Waals surface area contributed by atoms with E-state index in [1.165, 1.54) is 135 Å². The summed E-state index contributed by atoms with van der Waals surface area (Å²) in [6, 6.07) is 0. The maximum Gasteiger partial charge on any atom is 0.472 e. The van der Waals surface area contributed by atoms with Crippen LogP contribution in [0.1, 0.15) is 344 Å². The lowest BCUT2D eigenvalue weighted by Crippen LogP contribution is -2.30. The quantitative estimate of drug-likeness (QED) is 0.0222. The summed E-state index contributed by atoms with van der Waals surface area (Å²) in [4.78, 5) is 72.5. The maximum absolute atomic E-state index is 13.0. The molecule has 0 aromatic rings. The fraction of sp³-hybridized carbons (Fsp3) is 0.943. The van der Waals surface area contributed by atoms with Crippen LogP contribution >= 0.6 is 15.6 Å². The number of carbonyl (C=O) groups is 4. The number of phosphoric ester groups is 2. The Morgan fingerprint density at radius 1 is 0.315 bits per heavy atom. The molecule has 3 N–H and O–H groups in total. The zero-order valence-electron chi connectivity index (χ0n) is 58.1. The Morgan fingerprint density at radius 3 is 0.798 bits per heavy atom. The van der Waals surface area contributed by atoms with Gasteiger partial charge in [0.1, 0.15) is 19.3 Å². The predicted octanol–water partition coefficient (Wildman–Crippen LogP) is 19.7. The molecular weight excluding hydrogens is 1170 g/mol. The van der Waals surface area contributed by atoms with Crippen molar-refractivity contribution in [3.63, 3.8) is 0 Å². The number of rotatable bonds is 67. The van der Waals surface area contributed by atoms with Crippen LogP contribution in [0.4, 0.5) is 0 Å². The first-order valence-corrected chi connectivity index (χ1v) is 39.3. The van der Waals surface area contributed by atoms with Gasteiger partial charge in [0.15, 0.2) is 12.2 Å². The van der Waals surface area contributed by atoms with E-state index in [1.807, 2.05) is 0 Å². The van der Waals surface area contributed by atoms with Crippen molar-refractivity contribution < 1.29 is 80.2 Å². The van der Waals surface area contributed by atoms with Gasteiger partial charge in [-0.15, -0.1) is 0 Å². The zero-order chi connectivity index (χ0) is 66.1. The summed E-state index contributed by atoms with van der Waals surface area (Å²) in [5.74, 6) is 0.860. The van der Waals surface area contributed by atoms with Crippen molar-refractivity contribution in [1.29, 1.82) is 0 Å². The van der Waals surface area contributed by atoms with Crippen molar-refractivity contribution >= 4 is 39.5 Å². The van der Waals surface area contributed by atoms with Crippen LogP contribution in [0.3, 0.4) is 0 Å². The van der Waals surface area contributed by atoms with Gasteiger partial charge >= 0.3 is 39.5 Å². The molecule has 0 fully saturated rings. The van der Waals surface area contributed by atoms with Gasteiger partial charge < -0.3 is 33.8 Å². The standard InChI is InChI=1S/C70H136O17P2/c1-9-62(7)48-40-32-23-19-15-13-11-12-14-16-20-24-36-44-52-69(74)86-66(57-81-68(73)51-43-35-29-27-33-41-49-63(8)10-2)59-85-89(78,79)83-55-64(71)54-82-88(76,77)84-58-65(56-80-67(72)50-42-34-28-26-31-39-47-61(5)6)87-70(75)53-45-37-25-21-17-18-22-30-38-46-60(3)4/h60-66,71H,9-59H2,1-8H3,(H,76,77)(H,78,79)/t62?,63?,64-,65+,66+/m0/s1. The van der Waals surface area contributed by atoms with Crippen LogP contribution in [-0.2, 0) is 65.4 Å². The minimum Gasteiger partial charge on any atom is -0.462 e. The van der Waals surface area contributed by atoms with Crippen LogP contribution in [0.15, 0.2) is 0 Å². The smallest absolute Gasteiger partial charge is 0.462 e. The third-order valence-electron chi connectivity index (χ3n) is 16.8. The second-order valence-corrected chi connectivity index (χ2v) is 29.6. The Hall–Kier alpha value is -1.94. The number of ether oxygens (including phenoxy) is 4. The van der Waals surface area contributed by atoms with E-state index in [0.29, 0.717) is 31.6 Å². The van der Waals surface area contributed by atoms with Crippen LogP contribution in [-0.4, -0.2) is 96.7 Å². The molecule has 0 aromatic heterocycles. The number of esters is 4. The third-order valence-corrected chi connectivity index (χ3v) is 18.7. The van der Waals surface area contributed by atoms with Crippen molar-refractivity contribution in [3.8, 4) is 0 Å². The molecule has 0 aliphatic carbocycles. The van der Waals surface area contributed by atoms with E-state index in [4.69, 9.17) is 37.0 Å². The normalized spacial score (nSPS) is 14.9. The number of unbranched alkanes of at least 4 members (excludes halogenated alkanes) is 31. The number of carbonyl (C=O) groups excluding carboxylic acids is 4. The maximum atomic E-state index is 13.0. The SMILES string of the molecule is CCC(C)CCCCCCCCCCCCCCCCC(=O)O[C@H](COC(=O)CCCCCCCCC(C)CC)COP(=O)(O)OC[C@@H](O)COP(=O)(O)OC[C@@H](COC(=O)CCCCCCCCC(C)C)OC(=O)CCCCCCCCCCCC(C)C. The van der Waals surface area contributed by atoms with Crippen molar-refractivity contribution in [3.05, 3.63) is 0 Å². The fourth-order valence-corrected chi connectivity index (χ4v) is 12.0. The molecule has 0 spiro atoms. The highest BCUT2D eigenvalue weighted by atomic mass is 31.2. The Kier molecular flexibility index (Phi) is 58.5. The molecule has 0 rings (SSSR count). The number of aliphatic hydroxyl groups excluding tert-OH is 1. The third kappa shape index (κ3) is 62.0. The van der Waals surface area contributed by atoms with Gasteiger partial charge in [0.2, 0.25) is 0 Å². The molecule has 89 heavy (non-hydrogen) atoms. The largest absolute Gasteiger partial charge is 0.472 e. The number of hydrogen-bond donors (Lipinski definition) is 3. The molecule has 0 saturated heterocycles. The number of hydrogen-bond acceptors (Lipinski definition) is 15. The molecule has 0 amide bonds. The molecule has 19 heteroatoms. The zero-order valence-corrected chi connectivity index (χ0v) is 59.8. The summed E-state index contributed by atoms with van der Waals surface area (Å²) in [5, 5.41) is 10.6. The van der Waals surface area contributed by atoms with E-state index < -0.39 is 97.5 Å². The summed E-state index contributed by atoms with van der Waals surface area (Å²) in [6.45, 7) is 14.1. The van der Waals surface area contributed by atoms with Crippen LogP contribution in [0.25, 0.3) is 0 Å². The van der Waals surface area contributed by atoms with E-state index in [1.54, 1.807) is 0 Å². The Balaban J connectivity index is 5.22. The minimum absolute atomic E-state index is 0.104. The van der Waals surface area contributed by atoms with Gasteiger partial charge in [-0.25, -0.2) is 9.13 Å².